The number of hydrogen-bond acceptors (Lipinski definition) is 2. The Morgan fingerprint density at radius 1 is 0.394 bits per heavy atom. The molecule has 0 unspecified atom stereocenters. The third-order valence-corrected chi connectivity index (χ3v) is 5.89. The van der Waals surface area contributed by atoms with Gasteiger partial charge in [0, 0.05) is 0 Å². The van der Waals surface area contributed by atoms with E-state index in [1.807, 2.05) is 60.7 Å². The van der Waals surface area contributed by atoms with Gasteiger partial charge in [0.15, 0.2) is 0 Å². The molecule has 2 N–H and O–H groups in total. The Kier molecular flexibility index (Phi) is 5.90. The summed E-state index contributed by atoms with van der Waals surface area (Å²) < 4.78 is 0. The van der Waals surface area contributed by atoms with Crippen LogP contribution in [-0.4, -0.2) is 17.2 Å². The number of hydrogen-bond donors (Lipinski definition) is 2. The van der Waals surface area contributed by atoms with Crippen LogP contribution in [0.2, 0.25) is 0 Å². The lowest BCUT2D eigenvalue weighted by atomic mass is 9.78. The van der Waals surface area contributed by atoms with E-state index in [-0.39, 0.29) is 0 Å². The van der Waals surface area contributed by atoms with Gasteiger partial charge in [-0.05, 0) is 62.1 Å². The van der Waals surface area contributed by atoms with Crippen LogP contribution in [0.4, 0.5) is 0 Å². The Morgan fingerprint density at radius 3 is 1.45 bits per heavy atom. The van der Waals surface area contributed by atoms with Crippen molar-refractivity contribution >= 4 is 12.6 Å². The van der Waals surface area contributed by atoms with Gasteiger partial charge in [-0.1, -0.05) is 115 Å². The molecule has 0 heterocycles. The van der Waals surface area contributed by atoms with Gasteiger partial charge in [-0.2, -0.15) is 0 Å². The summed E-state index contributed by atoms with van der Waals surface area (Å²) in [4.78, 5) is 0. The fourth-order valence-corrected chi connectivity index (χ4v) is 4.30. The van der Waals surface area contributed by atoms with E-state index < -0.39 is 7.12 Å². The number of benzene rings is 5. The van der Waals surface area contributed by atoms with Crippen molar-refractivity contribution in [2.24, 2.45) is 0 Å². The molecule has 5 rings (SSSR count). The molecular formula is C30H23BO2. The maximum Gasteiger partial charge on any atom is 0.488 e. The van der Waals surface area contributed by atoms with E-state index in [1.54, 1.807) is 6.07 Å². The van der Waals surface area contributed by atoms with Crippen molar-refractivity contribution in [3.05, 3.63) is 127 Å². The standard InChI is InChI=1S/C30H23BO2/c32-31(33)27-18-10-17-25(19-27)29-21-26(22-11-4-1-5-12-22)20-28(23-13-6-2-7-14-23)30(29)24-15-8-3-9-16-24/h1-21,32-33H. The third kappa shape index (κ3) is 4.38. The molecule has 5 aromatic carbocycles. The average molecular weight is 426 g/mol. The molecule has 0 saturated heterocycles. The van der Waals surface area contributed by atoms with Crippen LogP contribution in [0.5, 0.6) is 0 Å². The van der Waals surface area contributed by atoms with Crippen LogP contribution in [0.1, 0.15) is 0 Å². The van der Waals surface area contributed by atoms with E-state index in [4.69, 9.17) is 0 Å². The highest BCUT2D eigenvalue weighted by atomic mass is 16.4. The van der Waals surface area contributed by atoms with Gasteiger partial charge in [0.1, 0.15) is 0 Å². The third-order valence-electron chi connectivity index (χ3n) is 5.89. The Bertz CT molecular complexity index is 1370. The second kappa shape index (κ2) is 9.29. The highest BCUT2D eigenvalue weighted by Gasteiger charge is 2.18. The van der Waals surface area contributed by atoms with Crippen molar-refractivity contribution in [1.29, 1.82) is 0 Å². The van der Waals surface area contributed by atoms with Crippen molar-refractivity contribution in [3.8, 4) is 44.5 Å². The first-order chi connectivity index (χ1) is 16.2. The van der Waals surface area contributed by atoms with E-state index in [9.17, 15) is 10.0 Å². The highest BCUT2D eigenvalue weighted by molar-refractivity contribution is 6.58. The van der Waals surface area contributed by atoms with Gasteiger partial charge < -0.3 is 10.0 Å². The van der Waals surface area contributed by atoms with Crippen LogP contribution in [-0.2, 0) is 0 Å². The molecule has 2 nitrogen and oxygen atoms in total. The maximum absolute atomic E-state index is 9.80. The number of rotatable bonds is 5. The molecule has 0 spiro atoms. The van der Waals surface area contributed by atoms with Crippen LogP contribution in [0.15, 0.2) is 127 Å². The summed E-state index contributed by atoms with van der Waals surface area (Å²) in [5.74, 6) is 0. The van der Waals surface area contributed by atoms with Gasteiger partial charge >= 0.3 is 7.12 Å². The van der Waals surface area contributed by atoms with Crippen molar-refractivity contribution in [2.45, 2.75) is 0 Å². The lowest BCUT2D eigenvalue weighted by molar-refractivity contribution is 0.426. The van der Waals surface area contributed by atoms with Crippen molar-refractivity contribution in [2.75, 3.05) is 0 Å². The summed E-state index contributed by atoms with van der Waals surface area (Å²) in [5, 5.41) is 19.6. The molecule has 0 atom stereocenters. The first kappa shape index (κ1) is 21.0. The normalized spacial score (nSPS) is 10.7. The van der Waals surface area contributed by atoms with Crippen molar-refractivity contribution in [3.63, 3.8) is 0 Å². The molecule has 0 aromatic heterocycles. The van der Waals surface area contributed by atoms with Crippen LogP contribution in [0.3, 0.4) is 0 Å². The Morgan fingerprint density at radius 2 is 0.879 bits per heavy atom. The highest BCUT2D eigenvalue weighted by Crippen LogP contribution is 2.43. The van der Waals surface area contributed by atoms with Gasteiger partial charge in [-0.25, -0.2) is 0 Å². The summed E-state index contributed by atoms with van der Waals surface area (Å²) in [6.45, 7) is 0. The lowest BCUT2D eigenvalue weighted by Crippen LogP contribution is -2.29. The molecule has 0 fully saturated rings. The lowest BCUT2D eigenvalue weighted by Gasteiger charge is -2.19. The zero-order valence-electron chi connectivity index (χ0n) is 18.1. The van der Waals surface area contributed by atoms with Crippen molar-refractivity contribution < 1.29 is 10.0 Å². The molecular weight excluding hydrogens is 403 g/mol. The van der Waals surface area contributed by atoms with Gasteiger partial charge in [0.05, 0.1) is 0 Å². The van der Waals surface area contributed by atoms with Gasteiger partial charge in [-0.3, -0.25) is 0 Å². The molecule has 3 heteroatoms. The van der Waals surface area contributed by atoms with Gasteiger partial charge in [0.2, 0.25) is 0 Å². The summed E-state index contributed by atoms with van der Waals surface area (Å²) in [7, 11) is -1.52. The maximum atomic E-state index is 9.80. The van der Waals surface area contributed by atoms with Gasteiger partial charge in [-0.15, -0.1) is 0 Å². The fraction of sp³-hybridized carbons (Fsp3) is 0. The molecule has 33 heavy (non-hydrogen) atoms. The molecule has 158 valence electrons. The molecule has 0 aliphatic rings. The molecule has 5 aromatic rings. The van der Waals surface area contributed by atoms with Crippen LogP contribution in [0, 0.1) is 0 Å². The smallest absolute Gasteiger partial charge is 0.423 e. The summed E-state index contributed by atoms with van der Waals surface area (Å²) in [6.07, 6.45) is 0. The predicted molar refractivity (Wildman–Crippen MR) is 138 cm³/mol. The SMILES string of the molecule is OB(O)c1cccc(-c2cc(-c3ccccc3)cc(-c3ccccc3)c2-c2ccccc2)c1. The van der Waals surface area contributed by atoms with E-state index >= 15 is 0 Å². The quantitative estimate of drug-likeness (QED) is 0.337. The van der Waals surface area contributed by atoms with E-state index in [0.717, 1.165) is 44.5 Å². The molecule has 0 saturated carbocycles. The molecule has 0 bridgehead atoms. The fourth-order valence-electron chi connectivity index (χ4n) is 4.30. The summed E-state index contributed by atoms with van der Waals surface area (Å²) >= 11 is 0. The minimum atomic E-state index is -1.52. The van der Waals surface area contributed by atoms with E-state index in [2.05, 4.69) is 60.7 Å². The Labute approximate surface area is 194 Å². The zero-order valence-corrected chi connectivity index (χ0v) is 18.1. The van der Waals surface area contributed by atoms with E-state index in [0.29, 0.717) is 5.46 Å². The first-order valence-corrected chi connectivity index (χ1v) is 11.0. The monoisotopic (exact) mass is 426 g/mol. The topological polar surface area (TPSA) is 40.5 Å². The van der Waals surface area contributed by atoms with Crippen molar-refractivity contribution in [1.82, 2.24) is 0 Å². The summed E-state index contributed by atoms with van der Waals surface area (Å²) in [5.41, 5.74) is 9.19. The Balaban J connectivity index is 1.87. The zero-order chi connectivity index (χ0) is 22.6. The second-order valence-electron chi connectivity index (χ2n) is 8.04. The molecule has 0 radical (unpaired) electrons. The summed E-state index contributed by atoms with van der Waals surface area (Å²) in [6, 6.07) is 43.1. The van der Waals surface area contributed by atoms with Crippen LogP contribution >= 0.6 is 0 Å². The van der Waals surface area contributed by atoms with Crippen LogP contribution < -0.4 is 5.46 Å². The first-order valence-electron chi connectivity index (χ1n) is 11.0. The van der Waals surface area contributed by atoms with Gasteiger partial charge in [0.25, 0.3) is 0 Å². The predicted octanol–water partition coefficient (Wildman–Crippen LogP) is 6.03. The minimum absolute atomic E-state index is 0.470. The average Bonchev–Trinajstić information content (AvgIpc) is 2.89. The second-order valence-corrected chi connectivity index (χ2v) is 8.04. The molecule has 0 aliphatic carbocycles. The van der Waals surface area contributed by atoms with E-state index in [1.165, 1.54) is 0 Å². The molecule has 0 amide bonds. The Hall–Kier alpha value is -3.92. The molecule has 0 aliphatic heterocycles. The van der Waals surface area contributed by atoms with Crippen LogP contribution in [0.25, 0.3) is 44.5 Å². The largest absolute Gasteiger partial charge is 0.488 e. The minimum Gasteiger partial charge on any atom is -0.423 e.